The van der Waals surface area contributed by atoms with Gasteiger partial charge in [0.05, 0.1) is 22.7 Å². The van der Waals surface area contributed by atoms with Crippen LogP contribution in [0.2, 0.25) is 0 Å². The highest BCUT2D eigenvalue weighted by molar-refractivity contribution is 6.15. The molecule has 2 aromatic heterocycles. The van der Waals surface area contributed by atoms with E-state index in [1.807, 2.05) is 30.3 Å². The molecule has 2 fully saturated rings. The van der Waals surface area contributed by atoms with Crippen LogP contribution in [-0.4, -0.2) is 19.5 Å². The summed E-state index contributed by atoms with van der Waals surface area (Å²) in [6.45, 7) is 4.94. The van der Waals surface area contributed by atoms with Crippen molar-refractivity contribution in [3.8, 4) is 68.2 Å². The minimum absolute atomic E-state index is 0.329. The highest BCUT2D eigenvalue weighted by atomic mass is 15.0. The molecule has 5 heteroatoms. The molecule has 0 N–H and O–H groups in total. The second-order valence-corrected chi connectivity index (χ2v) is 19.3. The molecular formula is C61H49N5. The summed E-state index contributed by atoms with van der Waals surface area (Å²) in [4.78, 5) is 15.6. The SMILES string of the molecule is C[C@@H]1CC2C[C@H](C)CC(c3ccc(-c4ccc(-n5c6ccccc6c6c(-c7nc(-c8ccc(C#N)cc8)nc(-c8ccc9ccc(-c%10ccccc%10)cc9c8)n7)cccc65)cc4)cc3)(C2)C1. The number of para-hydroxylation sites is 1. The van der Waals surface area contributed by atoms with Gasteiger partial charge in [-0.15, -0.1) is 0 Å². The zero-order valence-electron chi connectivity index (χ0n) is 37.3. The van der Waals surface area contributed by atoms with E-state index in [2.05, 4.69) is 176 Å². The number of benzene rings is 8. The van der Waals surface area contributed by atoms with Crippen LogP contribution in [0, 0.1) is 29.1 Å². The number of hydrogen-bond acceptors (Lipinski definition) is 4. The fourth-order valence-electron chi connectivity index (χ4n) is 12.0. The van der Waals surface area contributed by atoms with Crippen LogP contribution in [0.3, 0.4) is 0 Å². The van der Waals surface area contributed by atoms with Crippen molar-refractivity contribution in [2.75, 3.05) is 0 Å². The van der Waals surface area contributed by atoms with Crippen LogP contribution in [0.4, 0.5) is 0 Å². The zero-order chi connectivity index (χ0) is 44.4. The van der Waals surface area contributed by atoms with Crippen molar-refractivity contribution in [2.24, 2.45) is 17.8 Å². The van der Waals surface area contributed by atoms with Crippen LogP contribution in [0.25, 0.3) is 94.7 Å². The Kier molecular flexibility index (Phi) is 9.72. The van der Waals surface area contributed by atoms with Crippen molar-refractivity contribution in [1.29, 1.82) is 5.26 Å². The predicted octanol–water partition coefficient (Wildman–Crippen LogP) is 15.4. The fourth-order valence-corrected chi connectivity index (χ4v) is 12.0. The Bertz CT molecular complexity index is 3470. The van der Waals surface area contributed by atoms with E-state index in [9.17, 15) is 5.26 Å². The lowest BCUT2D eigenvalue weighted by molar-refractivity contribution is 0.0780. The maximum Gasteiger partial charge on any atom is 0.164 e. The lowest BCUT2D eigenvalue weighted by atomic mass is 9.54. The second-order valence-electron chi connectivity index (χ2n) is 19.3. The third kappa shape index (κ3) is 7.05. The number of rotatable bonds is 7. The van der Waals surface area contributed by atoms with E-state index >= 15 is 0 Å². The zero-order valence-corrected chi connectivity index (χ0v) is 37.3. The molecule has 5 nitrogen and oxygen atoms in total. The molecule has 2 aliphatic carbocycles. The van der Waals surface area contributed by atoms with Gasteiger partial charge in [0.25, 0.3) is 0 Å². The minimum atomic E-state index is 0.329. The van der Waals surface area contributed by atoms with Crippen molar-refractivity contribution in [3.05, 3.63) is 193 Å². The molecule has 2 bridgehead atoms. The van der Waals surface area contributed by atoms with E-state index in [0.717, 1.165) is 78.3 Å². The van der Waals surface area contributed by atoms with Gasteiger partial charge in [0.1, 0.15) is 0 Å². The molecule has 2 heterocycles. The summed E-state index contributed by atoms with van der Waals surface area (Å²) in [5.74, 6) is 4.18. The molecule has 66 heavy (non-hydrogen) atoms. The summed E-state index contributed by atoms with van der Waals surface area (Å²) < 4.78 is 2.36. The second kappa shape index (κ2) is 16.1. The number of hydrogen-bond donors (Lipinski definition) is 0. The van der Waals surface area contributed by atoms with Crippen LogP contribution in [0.1, 0.15) is 57.1 Å². The Hall–Kier alpha value is -7.68. The van der Waals surface area contributed by atoms with Gasteiger partial charge in [-0.05, 0) is 155 Å². The molecule has 0 radical (unpaired) electrons. The molecule has 8 aromatic carbocycles. The molecule has 0 amide bonds. The minimum Gasteiger partial charge on any atom is -0.309 e. The molecule has 2 aliphatic rings. The Morgan fingerprint density at radius 3 is 1.80 bits per heavy atom. The van der Waals surface area contributed by atoms with Gasteiger partial charge in [-0.2, -0.15) is 5.26 Å². The van der Waals surface area contributed by atoms with Crippen LogP contribution in [0.5, 0.6) is 0 Å². The van der Waals surface area contributed by atoms with Crippen molar-refractivity contribution < 1.29 is 0 Å². The van der Waals surface area contributed by atoms with Gasteiger partial charge in [0.2, 0.25) is 0 Å². The van der Waals surface area contributed by atoms with Gasteiger partial charge in [-0.25, -0.2) is 15.0 Å². The fraction of sp³-hybridized carbons (Fsp3) is 0.180. The van der Waals surface area contributed by atoms with E-state index < -0.39 is 0 Å². The standard InChI is InChI=1S/C61H49N5/c1-39-31-42-32-40(2)36-61(35-39,37-42)51-27-23-44(24-28-51)45-25-29-52(30-26-45)66-55-13-7-6-11-53(55)57-54(12-8-14-56(57)66)60-64-58(47-17-15-41(38-62)16-18-47)63-59(65-60)49-22-20-46-19-21-48(33-50(46)34-49)43-9-4-3-5-10-43/h3-30,33-34,39-40,42H,31-32,35-37H2,1-2H3/t39-,40+,42?,61?. The quantitative estimate of drug-likeness (QED) is 0.160. The molecule has 10 aromatic rings. The average molecular weight is 852 g/mol. The Morgan fingerprint density at radius 2 is 1.08 bits per heavy atom. The molecular weight excluding hydrogens is 803 g/mol. The van der Waals surface area contributed by atoms with Crippen molar-refractivity contribution in [3.63, 3.8) is 0 Å². The first-order valence-electron chi connectivity index (χ1n) is 23.5. The van der Waals surface area contributed by atoms with Gasteiger partial charge < -0.3 is 4.57 Å². The predicted molar refractivity (Wildman–Crippen MR) is 270 cm³/mol. The summed E-state index contributed by atoms with van der Waals surface area (Å²) in [5, 5.41) is 14.0. The van der Waals surface area contributed by atoms with Crippen LogP contribution >= 0.6 is 0 Å². The first-order chi connectivity index (χ1) is 32.4. The number of nitrogens with zero attached hydrogens (tertiary/aromatic N) is 5. The number of fused-ring (bicyclic) bond motifs is 6. The molecule has 318 valence electrons. The highest BCUT2D eigenvalue weighted by Gasteiger charge is 2.45. The molecule has 0 saturated heterocycles. The third-order valence-corrected chi connectivity index (χ3v) is 14.6. The Labute approximate surface area is 386 Å². The molecule has 12 rings (SSSR count). The first kappa shape index (κ1) is 39.9. The van der Waals surface area contributed by atoms with Crippen molar-refractivity contribution >= 4 is 32.6 Å². The lowest BCUT2D eigenvalue weighted by Gasteiger charge is -2.50. The van der Waals surface area contributed by atoms with Crippen molar-refractivity contribution in [2.45, 2.75) is 51.4 Å². The van der Waals surface area contributed by atoms with Crippen molar-refractivity contribution in [1.82, 2.24) is 19.5 Å². The maximum atomic E-state index is 9.60. The van der Waals surface area contributed by atoms with Crippen LogP contribution in [-0.2, 0) is 5.41 Å². The van der Waals surface area contributed by atoms with E-state index in [1.165, 1.54) is 54.4 Å². The monoisotopic (exact) mass is 851 g/mol. The van der Waals surface area contributed by atoms with E-state index in [0.29, 0.717) is 28.5 Å². The van der Waals surface area contributed by atoms with E-state index in [-0.39, 0.29) is 0 Å². The van der Waals surface area contributed by atoms with Crippen LogP contribution in [0.15, 0.2) is 182 Å². The Morgan fingerprint density at radius 1 is 0.500 bits per heavy atom. The van der Waals surface area contributed by atoms with Gasteiger partial charge >= 0.3 is 0 Å². The third-order valence-electron chi connectivity index (χ3n) is 14.6. The molecule has 4 atom stereocenters. The van der Waals surface area contributed by atoms with E-state index in [1.54, 1.807) is 0 Å². The molecule has 0 aliphatic heterocycles. The highest BCUT2D eigenvalue weighted by Crippen LogP contribution is 2.54. The topological polar surface area (TPSA) is 67.4 Å². The molecule has 0 spiro atoms. The lowest BCUT2D eigenvalue weighted by Crippen LogP contribution is -2.42. The smallest absolute Gasteiger partial charge is 0.164 e. The van der Waals surface area contributed by atoms with Gasteiger partial charge in [-0.3, -0.25) is 0 Å². The summed E-state index contributed by atoms with van der Waals surface area (Å²) in [6, 6.07) is 66.8. The molecule has 2 unspecified atom stereocenters. The Balaban J connectivity index is 0.947. The summed E-state index contributed by atoms with van der Waals surface area (Å²) in [6.07, 6.45) is 6.77. The average Bonchev–Trinajstić information content (AvgIpc) is 3.70. The maximum absolute atomic E-state index is 9.60. The summed E-state index contributed by atoms with van der Waals surface area (Å²) in [5.41, 5.74) is 13.2. The van der Waals surface area contributed by atoms with Gasteiger partial charge in [-0.1, -0.05) is 135 Å². The summed E-state index contributed by atoms with van der Waals surface area (Å²) in [7, 11) is 0. The van der Waals surface area contributed by atoms with Gasteiger partial charge in [0.15, 0.2) is 17.5 Å². The number of nitriles is 1. The first-order valence-corrected chi connectivity index (χ1v) is 23.5. The molecule has 2 saturated carbocycles. The van der Waals surface area contributed by atoms with Gasteiger partial charge in [0, 0.05) is 33.2 Å². The number of aromatic nitrogens is 4. The van der Waals surface area contributed by atoms with E-state index in [4.69, 9.17) is 15.0 Å². The van der Waals surface area contributed by atoms with Crippen LogP contribution < -0.4 is 0 Å². The largest absolute Gasteiger partial charge is 0.309 e. The summed E-state index contributed by atoms with van der Waals surface area (Å²) >= 11 is 0. The normalized spacial score (nSPS) is 19.3.